The molecule has 0 N–H and O–H groups in total. The molecule has 2 aromatic heterocycles. The summed E-state index contributed by atoms with van der Waals surface area (Å²) in [4.78, 5) is 10.9. The quantitative estimate of drug-likeness (QED) is 0.797. The highest BCUT2D eigenvalue weighted by molar-refractivity contribution is 6.29. The molecule has 0 aliphatic heterocycles. The highest BCUT2D eigenvalue weighted by Gasteiger charge is 2.11. The van der Waals surface area contributed by atoms with Gasteiger partial charge < -0.3 is 4.90 Å². The molecule has 5 nitrogen and oxygen atoms in total. The summed E-state index contributed by atoms with van der Waals surface area (Å²) in [5.74, 6) is 0.659. The van der Waals surface area contributed by atoms with E-state index in [1.807, 2.05) is 13.2 Å². The summed E-state index contributed by atoms with van der Waals surface area (Å²) in [6.45, 7) is 5.83. The Kier molecular flexibility index (Phi) is 3.81. The topological polar surface area (TPSA) is 46.8 Å². The van der Waals surface area contributed by atoms with Crippen LogP contribution in [0.25, 0.3) is 11.3 Å². The molecule has 0 radical (unpaired) electrons. The van der Waals surface area contributed by atoms with E-state index in [2.05, 4.69) is 33.8 Å². The molecule has 0 saturated carbocycles. The molecule has 96 valence electrons. The predicted octanol–water partition coefficient (Wildman–Crippen LogP) is 2.38. The lowest BCUT2D eigenvalue weighted by Gasteiger charge is -2.18. The first-order chi connectivity index (χ1) is 8.63. The van der Waals surface area contributed by atoms with Gasteiger partial charge in [-0.25, -0.2) is 9.97 Å². The van der Waals surface area contributed by atoms with Gasteiger partial charge in [-0.15, -0.1) is 0 Å². The molecule has 0 spiro atoms. The monoisotopic (exact) mass is 265 g/mol. The van der Waals surface area contributed by atoms with Crippen molar-refractivity contribution in [2.24, 2.45) is 7.05 Å². The van der Waals surface area contributed by atoms with E-state index in [1.54, 1.807) is 16.9 Å². The van der Waals surface area contributed by atoms with Crippen LogP contribution in [0.2, 0.25) is 5.15 Å². The van der Waals surface area contributed by atoms with Crippen LogP contribution in [-0.2, 0) is 7.05 Å². The SMILES string of the molecule is CCN(CC)c1nc(Cl)cc(-c2cnn(C)c2)n1. The molecule has 0 aliphatic carbocycles. The smallest absolute Gasteiger partial charge is 0.227 e. The van der Waals surface area contributed by atoms with E-state index < -0.39 is 0 Å². The van der Waals surface area contributed by atoms with Crippen LogP contribution in [0.15, 0.2) is 18.5 Å². The van der Waals surface area contributed by atoms with Gasteiger partial charge in [-0.3, -0.25) is 4.68 Å². The zero-order valence-corrected chi connectivity index (χ0v) is 11.5. The molecular weight excluding hydrogens is 250 g/mol. The van der Waals surface area contributed by atoms with Gasteiger partial charge in [-0.05, 0) is 13.8 Å². The van der Waals surface area contributed by atoms with E-state index in [4.69, 9.17) is 11.6 Å². The zero-order valence-electron chi connectivity index (χ0n) is 10.8. The van der Waals surface area contributed by atoms with Crippen LogP contribution in [-0.4, -0.2) is 32.8 Å². The summed E-state index contributed by atoms with van der Waals surface area (Å²) in [5, 5.41) is 4.59. The first kappa shape index (κ1) is 12.8. The summed E-state index contributed by atoms with van der Waals surface area (Å²) >= 11 is 6.06. The summed E-state index contributed by atoms with van der Waals surface area (Å²) < 4.78 is 1.74. The Morgan fingerprint density at radius 2 is 2.00 bits per heavy atom. The van der Waals surface area contributed by atoms with Crippen LogP contribution in [0.4, 0.5) is 5.95 Å². The third-order valence-corrected chi connectivity index (χ3v) is 2.92. The number of anilines is 1. The van der Waals surface area contributed by atoms with Gasteiger partial charge >= 0.3 is 0 Å². The van der Waals surface area contributed by atoms with Crippen LogP contribution in [0.5, 0.6) is 0 Å². The van der Waals surface area contributed by atoms with Gasteiger partial charge in [0.2, 0.25) is 5.95 Å². The van der Waals surface area contributed by atoms with Gasteiger partial charge in [-0.2, -0.15) is 5.10 Å². The van der Waals surface area contributed by atoms with Crippen molar-refractivity contribution in [1.82, 2.24) is 19.7 Å². The van der Waals surface area contributed by atoms with Gasteiger partial charge in [0.15, 0.2) is 0 Å². The van der Waals surface area contributed by atoms with Crippen LogP contribution >= 0.6 is 11.6 Å². The number of rotatable bonds is 4. The molecule has 0 saturated heterocycles. The molecule has 6 heteroatoms. The largest absolute Gasteiger partial charge is 0.341 e. The Labute approximate surface area is 111 Å². The molecule has 2 aromatic rings. The number of nitrogens with zero attached hydrogens (tertiary/aromatic N) is 5. The number of aromatic nitrogens is 4. The molecule has 0 bridgehead atoms. The van der Waals surface area contributed by atoms with Crippen LogP contribution < -0.4 is 4.90 Å². The Morgan fingerprint density at radius 1 is 1.28 bits per heavy atom. The lowest BCUT2D eigenvalue weighted by molar-refractivity contribution is 0.768. The second-order valence-corrected chi connectivity index (χ2v) is 4.34. The fraction of sp³-hybridized carbons (Fsp3) is 0.417. The summed E-state index contributed by atoms with van der Waals surface area (Å²) in [6, 6.07) is 1.76. The van der Waals surface area contributed by atoms with Crippen molar-refractivity contribution in [3.05, 3.63) is 23.6 Å². The number of hydrogen-bond acceptors (Lipinski definition) is 4. The fourth-order valence-electron chi connectivity index (χ4n) is 1.75. The van der Waals surface area contributed by atoms with Crippen molar-refractivity contribution in [2.75, 3.05) is 18.0 Å². The van der Waals surface area contributed by atoms with Gasteiger partial charge in [0.05, 0.1) is 11.9 Å². The van der Waals surface area contributed by atoms with E-state index in [1.165, 1.54) is 0 Å². The normalized spacial score (nSPS) is 10.7. The molecule has 0 aromatic carbocycles. The summed E-state index contributed by atoms with van der Waals surface area (Å²) in [6.07, 6.45) is 3.68. The highest BCUT2D eigenvalue weighted by atomic mass is 35.5. The van der Waals surface area contributed by atoms with Crippen LogP contribution in [0.1, 0.15) is 13.8 Å². The third-order valence-electron chi connectivity index (χ3n) is 2.73. The van der Waals surface area contributed by atoms with Crippen molar-refractivity contribution in [1.29, 1.82) is 0 Å². The molecule has 0 atom stereocenters. The summed E-state index contributed by atoms with van der Waals surface area (Å²) in [7, 11) is 1.87. The maximum absolute atomic E-state index is 6.06. The van der Waals surface area contributed by atoms with Gasteiger partial charge in [-0.1, -0.05) is 11.6 Å². The molecule has 2 heterocycles. The van der Waals surface area contributed by atoms with Crippen molar-refractivity contribution < 1.29 is 0 Å². The first-order valence-corrected chi connectivity index (χ1v) is 6.30. The van der Waals surface area contributed by atoms with Crippen molar-refractivity contribution >= 4 is 17.5 Å². The standard InChI is InChI=1S/C12H16ClN5/c1-4-18(5-2)12-15-10(6-11(13)16-12)9-7-14-17(3)8-9/h6-8H,4-5H2,1-3H3. The van der Waals surface area contributed by atoms with Crippen LogP contribution in [0.3, 0.4) is 0 Å². The average molecular weight is 266 g/mol. The highest BCUT2D eigenvalue weighted by Crippen LogP contribution is 2.22. The van der Waals surface area contributed by atoms with E-state index >= 15 is 0 Å². The average Bonchev–Trinajstić information content (AvgIpc) is 2.77. The lowest BCUT2D eigenvalue weighted by Crippen LogP contribution is -2.24. The minimum Gasteiger partial charge on any atom is -0.341 e. The number of aryl methyl sites for hydroxylation is 1. The minimum atomic E-state index is 0.450. The fourth-order valence-corrected chi connectivity index (χ4v) is 1.93. The molecular formula is C12H16ClN5. The molecule has 0 aliphatic rings. The minimum absolute atomic E-state index is 0.450. The number of hydrogen-bond donors (Lipinski definition) is 0. The van der Waals surface area contributed by atoms with E-state index in [0.29, 0.717) is 11.1 Å². The molecule has 2 rings (SSSR count). The predicted molar refractivity (Wildman–Crippen MR) is 72.8 cm³/mol. The molecule has 0 unspecified atom stereocenters. The second kappa shape index (κ2) is 5.35. The zero-order chi connectivity index (χ0) is 13.1. The first-order valence-electron chi connectivity index (χ1n) is 5.92. The second-order valence-electron chi connectivity index (χ2n) is 3.95. The third kappa shape index (κ3) is 2.61. The van der Waals surface area contributed by atoms with E-state index in [9.17, 15) is 0 Å². The molecule has 0 amide bonds. The number of halogens is 1. The van der Waals surface area contributed by atoms with Gasteiger partial charge in [0.1, 0.15) is 5.15 Å². The van der Waals surface area contributed by atoms with Gasteiger partial charge in [0, 0.05) is 38.0 Å². The Bertz CT molecular complexity index is 533. The van der Waals surface area contributed by atoms with Gasteiger partial charge in [0.25, 0.3) is 0 Å². The lowest BCUT2D eigenvalue weighted by atomic mass is 10.2. The molecule has 18 heavy (non-hydrogen) atoms. The molecule has 0 fully saturated rings. The Hall–Kier alpha value is -1.62. The van der Waals surface area contributed by atoms with Crippen LogP contribution in [0, 0.1) is 0 Å². The van der Waals surface area contributed by atoms with E-state index in [0.717, 1.165) is 24.3 Å². The maximum Gasteiger partial charge on any atom is 0.227 e. The van der Waals surface area contributed by atoms with Crippen molar-refractivity contribution in [3.8, 4) is 11.3 Å². The Morgan fingerprint density at radius 3 is 2.56 bits per heavy atom. The van der Waals surface area contributed by atoms with Crippen molar-refractivity contribution in [2.45, 2.75) is 13.8 Å². The summed E-state index contributed by atoms with van der Waals surface area (Å²) in [5.41, 5.74) is 1.74. The van der Waals surface area contributed by atoms with Crippen molar-refractivity contribution in [3.63, 3.8) is 0 Å². The maximum atomic E-state index is 6.06. The Balaban J connectivity index is 2.43. The van der Waals surface area contributed by atoms with E-state index in [-0.39, 0.29) is 0 Å².